The van der Waals surface area contributed by atoms with E-state index in [-0.39, 0.29) is 28.0 Å². The van der Waals surface area contributed by atoms with E-state index in [1.165, 1.54) is 23.9 Å². The Morgan fingerprint density at radius 2 is 1.60 bits per heavy atom. The molecule has 1 amide bonds. The molecule has 0 bridgehead atoms. The van der Waals surface area contributed by atoms with Crippen molar-refractivity contribution in [3.63, 3.8) is 0 Å². The van der Waals surface area contributed by atoms with Gasteiger partial charge in [0.2, 0.25) is 0 Å². The molecule has 2 aromatic rings. The van der Waals surface area contributed by atoms with Crippen LogP contribution in [0, 0.1) is 35.1 Å². The average molecular weight is 441 g/mol. The summed E-state index contributed by atoms with van der Waals surface area (Å²) in [5.41, 5.74) is -0.177. The fraction of sp³-hybridized carbons (Fsp3) is 0.333. The number of amides is 1. The first-order valence-corrected chi connectivity index (χ1v) is 10.3. The second kappa shape index (κ2) is 9.51. The summed E-state index contributed by atoms with van der Waals surface area (Å²) in [6.45, 7) is 0. The number of carbonyl (C=O) groups excluding carboxylic acids is 1. The molecule has 1 fully saturated rings. The Balaban J connectivity index is 1.63. The Morgan fingerprint density at radius 3 is 2.20 bits per heavy atom. The van der Waals surface area contributed by atoms with Crippen molar-refractivity contribution in [3.8, 4) is 0 Å². The maximum atomic E-state index is 14.2. The van der Waals surface area contributed by atoms with E-state index in [9.17, 15) is 27.2 Å². The van der Waals surface area contributed by atoms with Gasteiger partial charge in [0.15, 0.2) is 17.5 Å². The van der Waals surface area contributed by atoms with Gasteiger partial charge in [0, 0.05) is 34.0 Å². The highest BCUT2D eigenvalue weighted by Crippen LogP contribution is 2.34. The van der Waals surface area contributed by atoms with E-state index in [2.05, 4.69) is 5.32 Å². The zero-order chi connectivity index (χ0) is 21.8. The molecule has 0 aliphatic heterocycles. The Kier molecular flexibility index (Phi) is 7.02. The predicted octanol–water partition coefficient (Wildman–Crippen LogP) is 5.48. The van der Waals surface area contributed by atoms with E-state index in [0.29, 0.717) is 30.7 Å². The topological polar surface area (TPSA) is 66.4 Å². The normalized spacial score (nSPS) is 18.8. The van der Waals surface area contributed by atoms with Gasteiger partial charge in [0.05, 0.1) is 5.92 Å². The molecular formula is C21H19F4NO3S. The molecule has 1 aliphatic carbocycles. The molecule has 0 unspecified atom stereocenters. The fourth-order valence-electron chi connectivity index (χ4n) is 3.37. The number of benzene rings is 2. The summed E-state index contributed by atoms with van der Waals surface area (Å²) in [7, 11) is 0. The van der Waals surface area contributed by atoms with Crippen LogP contribution in [0.3, 0.4) is 0 Å². The van der Waals surface area contributed by atoms with Gasteiger partial charge in [-0.1, -0.05) is 0 Å². The van der Waals surface area contributed by atoms with Gasteiger partial charge in [0.25, 0.3) is 5.91 Å². The minimum atomic E-state index is -1.63. The summed E-state index contributed by atoms with van der Waals surface area (Å²) in [6, 6.07) is 5.02. The van der Waals surface area contributed by atoms with Crippen LogP contribution in [0.1, 0.15) is 36.0 Å². The molecule has 30 heavy (non-hydrogen) atoms. The maximum absolute atomic E-state index is 14.2. The molecule has 0 heterocycles. The molecule has 1 aliphatic rings. The minimum absolute atomic E-state index is 0.0821. The molecule has 3 rings (SSSR count). The van der Waals surface area contributed by atoms with Crippen molar-refractivity contribution in [1.82, 2.24) is 0 Å². The maximum Gasteiger partial charge on any atom is 0.306 e. The number of carboxylic acids is 1. The third-order valence-electron chi connectivity index (χ3n) is 5.11. The Morgan fingerprint density at radius 1 is 0.967 bits per heavy atom. The smallest absolute Gasteiger partial charge is 0.306 e. The van der Waals surface area contributed by atoms with Gasteiger partial charge in [-0.3, -0.25) is 9.59 Å². The van der Waals surface area contributed by atoms with Gasteiger partial charge in [-0.05, 0) is 49.8 Å². The monoisotopic (exact) mass is 441 g/mol. The zero-order valence-corrected chi connectivity index (χ0v) is 16.6. The van der Waals surface area contributed by atoms with Crippen LogP contribution in [0.5, 0.6) is 0 Å². The first-order valence-electron chi connectivity index (χ1n) is 9.35. The van der Waals surface area contributed by atoms with Crippen molar-refractivity contribution in [1.29, 1.82) is 0 Å². The Hall–Kier alpha value is -2.55. The Bertz CT molecular complexity index is 938. The number of thioether (sulfide) groups is 1. The number of hydrogen-bond donors (Lipinski definition) is 2. The van der Waals surface area contributed by atoms with Crippen LogP contribution >= 0.6 is 11.8 Å². The third-order valence-corrected chi connectivity index (χ3v) is 6.37. The molecule has 0 atom stereocenters. The van der Waals surface area contributed by atoms with Crippen LogP contribution in [0.2, 0.25) is 0 Å². The van der Waals surface area contributed by atoms with E-state index in [1.54, 1.807) is 0 Å². The number of anilines is 1. The van der Waals surface area contributed by atoms with E-state index < -0.39 is 35.1 Å². The SMILES string of the molecule is O=C(Nc1cc(F)c(F)c(F)c1)c1ccc(F)c(SCC2CCC(C(=O)O)CC2)c1. The zero-order valence-electron chi connectivity index (χ0n) is 15.8. The van der Waals surface area contributed by atoms with Gasteiger partial charge < -0.3 is 10.4 Å². The number of aliphatic carboxylic acids is 1. The van der Waals surface area contributed by atoms with Crippen molar-refractivity contribution in [3.05, 3.63) is 59.2 Å². The van der Waals surface area contributed by atoms with E-state index in [0.717, 1.165) is 18.9 Å². The average Bonchev–Trinajstić information content (AvgIpc) is 2.71. The molecule has 0 saturated heterocycles. The molecule has 9 heteroatoms. The highest BCUT2D eigenvalue weighted by Gasteiger charge is 2.26. The number of carbonyl (C=O) groups is 2. The van der Waals surface area contributed by atoms with Crippen molar-refractivity contribution >= 4 is 29.3 Å². The fourth-order valence-corrected chi connectivity index (χ4v) is 4.53. The van der Waals surface area contributed by atoms with E-state index >= 15 is 0 Å². The van der Waals surface area contributed by atoms with Crippen LogP contribution < -0.4 is 5.32 Å². The second-order valence-corrected chi connectivity index (χ2v) is 8.28. The lowest BCUT2D eigenvalue weighted by molar-refractivity contribution is -0.143. The molecule has 2 N–H and O–H groups in total. The van der Waals surface area contributed by atoms with Crippen LogP contribution in [0.4, 0.5) is 23.2 Å². The summed E-state index contributed by atoms with van der Waals surface area (Å²) >= 11 is 1.24. The predicted molar refractivity (Wildman–Crippen MR) is 104 cm³/mol. The molecule has 1 saturated carbocycles. The quantitative estimate of drug-likeness (QED) is 0.354. The molecule has 0 aromatic heterocycles. The van der Waals surface area contributed by atoms with Crippen molar-refractivity contribution in [2.45, 2.75) is 30.6 Å². The van der Waals surface area contributed by atoms with E-state index in [4.69, 9.17) is 5.11 Å². The molecular weight excluding hydrogens is 422 g/mol. The van der Waals surface area contributed by atoms with Gasteiger partial charge in [0.1, 0.15) is 5.82 Å². The summed E-state index contributed by atoms with van der Waals surface area (Å²) in [4.78, 5) is 23.6. The van der Waals surface area contributed by atoms with Gasteiger partial charge in [-0.2, -0.15) is 0 Å². The highest BCUT2D eigenvalue weighted by molar-refractivity contribution is 7.99. The van der Waals surface area contributed by atoms with Crippen LogP contribution in [0.25, 0.3) is 0 Å². The number of halogens is 4. The molecule has 0 spiro atoms. The second-order valence-electron chi connectivity index (χ2n) is 7.22. The van der Waals surface area contributed by atoms with Crippen LogP contribution in [-0.4, -0.2) is 22.7 Å². The molecule has 2 aromatic carbocycles. The van der Waals surface area contributed by atoms with Crippen molar-refractivity contribution in [2.24, 2.45) is 11.8 Å². The lowest BCUT2D eigenvalue weighted by Gasteiger charge is -2.25. The number of nitrogens with one attached hydrogen (secondary N) is 1. The lowest BCUT2D eigenvalue weighted by atomic mass is 9.83. The molecule has 0 radical (unpaired) electrons. The number of rotatable bonds is 6. The standard InChI is InChI=1S/C21H19F4NO3S/c22-15-6-5-13(20(27)26-14-8-16(23)19(25)17(24)9-14)7-18(15)30-10-11-1-3-12(4-2-11)21(28)29/h5-9,11-12H,1-4,10H2,(H,26,27)(H,28,29). The lowest BCUT2D eigenvalue weighted by Crippen LogP contribution is -2.22. The van der Waals surface area contributed by atoms with Crippen molar-refractivity contribution < 1.29 is 32.3 Å². The summed E-state index contributed by atoms with van der Waals surface area (Å²) in [5, 5.41) is 11.3. The highest BCUT2D eigenvalue weighted by atomic mass is 32.2. The Labute approximate surface area is 174 Å². The summed E-state index contributed by atoms with van der Waals surface area (Å²) in [6.07, 6.45) is 2.67. The van der Waals surface area contributed by atoms with Crippen molar-refractivity contribution in [2.75, 3.05) is 11.1 Å². The molecule has 160 valence electrons. The number of hydrogen-bond acceptors (Lipinski definition) is 3. The largest absolute Gasteiger partial charge is 0.481 e. The van der Waals surface area contributed by atoms with Gasteiger partial charge >= 0.3 is 5.97 Å². The number of carboxylic acid groups (broad SMARTS) is 1. The van der Waals surface area contributed by atoms with Crippen LogP contribution in [0.15, 0.2) is 35.2 Å². The first kappa shape index (κ1) is 22.1. The van der Waals surface area contributed by atoms with E-state index in [1.807, 2.05) is 0 Å². The molecule has 4 nitrogen and oxygen atoms in total. The van der Waals surface area contributed by atoms with Crippen LogP contribution in [-0.2, 0) is 4.79 Å². The first-order chi connectivity index (χ1) is 14.2. The van der Waals surface area contributed by atoms with Gasteiger partial charge in [-0.15, -0.1) is 11.8 Å². The minimum Gasteiger partial charge on any atom is -0.481 e. The van der Waals surface area contributed by atoms with Gasteiger partial charge in [-0.25, -0.2) is 17.6 Å². The summed E-state index contributed by atoms with van der Waals surface area (Å²) < 4.78 is 53.8. The third kappa shape index (κ3) is 5.33. The summed E-state index contributed by atoms with van der Waals surface area (Å²) in [5.74, 6) is -5.99.